The van der Waals surface area contributed by atoms with Crippen LogP contribution in [-0.4, -0.2) is 57.1 Å². The predicted octanol–water partition coefficient (Wildman–Crippen LogP) is 0.306. The molecule has 2 N–H and O–H groups in total. The topological polar surface area (TPSA) is 78.5 Å². The summed E-state index contributed by atoms with van der Waals surface area (Å²) >= 11 is 0. The highest BCUT2D eigenvalue weighted by Crippen LogP contribution is 2.17. The third-order valence-corrected chi connectivity index (χ3v) is 5.77. The van der Waals surface area contributed by atoms with Gasteiger partial charge in [-0.3, -0.25) is 4.79 Å². The summed E-state index contributed by atoms with van der Waals surface area (Å²) in [5.41, 5.74) is 0. The Morgan fingerprint density at radius 2 is 2.00 bits per heavy atom. The van der Waals surface area contributed by atoms with E-state index in [4.69, 9.17) is 0 Å². The van der Waals surface area contributed by atoms with Crippen LogP contribution in [0.5, 0.6) is 0 Å². The molecule has 1 unspecified atom stereocenters. The van der Waals surface area contributed by atoms with Gasteiger partial charge in [-0.1, -0.05) is 0 Å². The number of piperidine rings is 2. The van der Waals surface area contributed by atoms with Crippen LogP contribution in [0.15, 0.2) is 0 Å². The van der Waals surface area contributed by atoms with Crippen molar-refractivity contribution in [1.82, 2.24) is 14.9 Å². The molecule has 2 aliphatic rings. The Balaban J connectivity index is 1.65. The molecule has 6 nitrogen and oxygen atoms in total. The maximum atomic E-state index is 12.0. The van der Waals surface area contributed by atoms with Crippen molar-refractivity contribution in [1.29, 1.82) is 0 Å². The first-order valence-corrected chi connectivity index (χ1v) is 9.75. The SMILES string of the molecule is CS(=O)(=O)N1CCC(NC(=O)CCC2CCCNC2)CC1. The minimum Gasteiger partial charge on any atom is -0.353 e. The minimum absolute atomic E-state index is 0.110. The second-order valence-electron chi connectivity index (χ2n) is 6.25. The highest BCUT2D eigenvalue weighted by atomic mass is 32.2. The fourth-order valence-corrected chi connectivity index (χ4v) is 4.01. The van der Waals surface area contributed by atoms with E-state index >= 15 is 0 Å². The molecule has 2 fully saturated rings. The van der Waals surface area contributed by atoms with E-state index in [0.717, 1.165) is 19.5 Å². The lowest BCUT2D eigenvalue weighted by atomic mass is 9.94. The Hall–Kier alpha value is -0.660. The lowest BCUT2D eigenvalue weighted by molar-refractivity contribution is -0.122. The summed E-state index contributed by atoms with van der Waals surface area (Å²) in [5, 5.41) is 6.41. The summed E-state index contributed by atoms with van der Waals surface area (Å²) in [7, 11) is -3.09. The Morgan fingerprint density at radius 3 is 2.57 bits per heavy atom. The zero-order valence-corrected chi connectivity index (χ0v) is 13.6. The maximum absolute atomic E-state index is 12.0. The van der Waals surface area contributed by atoms with Gasteiger partial charge in [0.2, 0.25) is 15.9 Å². The predicted molar refractivity (Wildman–Crippen MR) is 82.4 cm³/mol. The fourth-order valence-electron chi connectivity index (χ4n) is 3.14. The molecule has 0 radical (unpaired) electrons. The van der Waals surface area contributed by atoms with Crippen molar-refractivity contribution in [2.45, 2.75) is 44.6 Å². The van der Waals surface area contributed by atoms with Gasteiger partial charge in [0.1, 0.15) is 0 Å². The van der Waals surface area contributed by atoms with Crippen LogP contribution < -0.4 is 10.6 Å². The molecule has 122 valence electrons. The van der Waals surface area contributed by atoms with Gasteiger partial charge in [0.25, 0.3) is 0 Å². The van der Waals surface area contributed by atoms with Crippen molar-refractivity contribution in [3.8, 4) is 0 Å². The molecule has 1 atom stereocenters. The quantitative estimate of drug-likeness (QED) is 0.765. The summed E-state index contributed by atoms with van der Waals surface area (Å²) in [6.07, 6.45) is 6.61. The summed E-state index contributed by atoms with van der Waals surface area (Å²) in [6.45, 7) is 3.15. The van der Waals surface area contributed by atoms with Crippen molar-refractivity contribution in [2.24, 2.45) is 5.92 Å². The number of sulfonamides is 1. The van der Waals surface area contributed by atoms with Gasteiger partial charge in [0.05, 0.1) is 6.26 Å². The maximum Gasteiger partial charge on any atom is 0.220 e. The van der Waals surface area contributed by atoms with Crippen molar-refractivity contribution < 1.29 is 13.2 Å². The van der Waals surface area contributed by atoms with Crippen LogP contribution in [0.4, 0.5) is 0 Å². The molecule has 0 spiro atoms. The minimum atomic E-state index is -3.09. The third-order valence-electron chi connectivity index (χ3n) is 4.47. The molecule has 2 rings (SSSR count). The molecular weight excluding hydrogens is 290 g/mol. The van der Waals surface area contributed by atoms with Gasteiger partial charge in [0.15, 0.2) is 0 Å². The molecule has 0 bridgehead atoms. The van der Waals surface area contributed by atoms with E-state index in [9.17, 15) is 13.2 Å². The van der Waals surface area contributed by atoms with E-state index < -0.39 is 10.0 Å². The lowest BCUT2D eigenvalue weighted by Gasteiger charge is -2.30. The van der Waals surface area contributed by atoms with Crippen LogP contribution in [-0.2, 0) is 14.8 Å². The molecule has 1 amide bonds. The van der Waals surface area contributed by atoms with Gasteiger partial charge >= 0.3 is 0 Å². The molecule has 0 saturated carbocycles. The Labute approximate surface area is 127 Å². The van der Waals surface area contributed by atoms with Crippen LogP contribution in [0.1, 0.15) is 38.5 Å². The Morgan fingerprint density at radius 1 is 1.29 bits per heavy atom. The van der Waals surface area contributed by atoms with Gasteiger partial charge in [0, 0.05) is 25.6 Å². The molecule has 0 aromatic rings. The zero-order valence-electron chi connectivity index (χ0n) is 12.8. The molecule has 2 aliphatic heterocycles. The van der Waals surface area contributed by atoms with E-state index in [1.54, 1.807) is 0 Å². The summed E-state index contributed by atoms with van der Waals surface area (Å²) in [6, 6.07) is 0.125. The van der Waals surface area contributed by atoms with Gasteiger partial charge in [-0.25, -0.2) is 12.7 Å². The summed E-state index contributed by atoms with van der Waals surface area (Å²) in [4.78, 5) is 12.0. The first-order chi connectivity index (χ1) is 9.95. The molecule has 0 aromatic carbocycles. The molecule has 0 aliphatic carbocycles. The van der Waals surface area contributed by atoms with Crippen molar-refractivity contribution in [3.63, 3.8) is 0 Å². The van der Waals surface area contributed by atoms with E-state index in [2.05, 4.69) is 10.6 Å². The number of hydrogen-bond donors (Lipinski definition) is 2. The normalized spacial score (nSPS) is 25.7. The number of nitrogens with one attached hydrogen (secondary N) is 2. The molecule has 0 aromatic heterocycles. The lowest BCUT2D eigenvalue weighted by Crippen LogP contribution is -2.46. The molecule has 7 heteroatoms. The monoisotopic (exact) mass is 317 g/mol. The smallest absolute Gasteiger partial charge is 0.220 e. The highest BCUT2D eigenvalue weighted by Gasteiger charge is 2.25. The van der Waals surface area contributed by atoms with Crippen LogP contribution in [0.25, 0.3) is 0 Å². The number of carbonyl (C=O) groups is 1. The van der Waals surface area contributed by atoms with Crippen LogP contribution in [0.3, 0.4) is 0 Å². The van der Waals surface area contributed by atoms with Crippen LogP contribution >= 0.6 is 0 Å². The Kier molecular flexibility index (Phi) is 6.01. The zero-order chi connectivity index (χ0) is 15.3. The number of nitrogens with zero attached hydrogens (tertiary/aromatic N) is 1. The number of hydrogen-bond acceptors (Lipinski definition) is 4. The second-order valence-corrected chi connectivity index (χ2v) is 8.24. The van der Waals surface area contributed by atoms with Gasteiger partial charge in [-0.05, 0) is 51.1 Å². The summed E-state index contributed by atoms with van der Waals surface area (Å²) in [5.74, 6) is 0.731. The highest BCUT2D eigenvalue weighted by molar-refractivity contribution is 7.88. The second kappa shape index (κ2) is 7.56. The van der Waals surface area contributed by atoms with Crippen molar-refractivity contribution in [2.75, 3.05) is 32.4 Å². The molecule has 2 saturated heterocycles. The van der Waals surface area contributed by atoms with Crippen molar-refractivity contribution >= 4 is 15.9 Å². The fraction of sp³-hybridized carbons (Fsp3) is 0.929. The summed E-state index contributed by atoms with van der Waals surface area (Å²) < 4.78 is 24.3. The van der Waals surface area contributed by atoms with Gasteiger partial charge < -0.3 is 10.6 Å². The molecular formula is C14H27N3O3S. The standard InChI is InChI=1S/C14H27N3O3S/c1-21(19,20)17-9-6-13(7-10-17)16-14(18)5-4-12-3-2-8-15-11-12/h12-13,15H,2-11H2,1H3,(H,16,18). The number of rotatable bonds is 5. The molecule has 2 heterocycles. The third kappa shape index (κ3) is 5.56. The van der Waals surface area contributed by atoms with Gasteiger partial charge in [-0.2, -0.15) is 0 Å². The first kappa shape index (κ1) is 16.7. The van der Waals surface area contributed by atoms with Crippen molar-refractivity contribution in [3.05, 3.63) is 0 Å². The van der Waals surface area contributed by atoms with E-state index in [-0.39, 0.29) is 11.9 Å². The van der Waals surface area contributed by atoms with E-state index in [1.807, 2.05) is 0 Å². The molecule has 21 heavy (non-hydrogen) atoms. The average Bonchev–Trinajstić information content (AvgIpc) is 2.46. The average molecular weight is 317 g/mol. The number of carbonyl (C=O) groups excluding carboxylic acids is 1. The van der Waals surface area contributed by atoms with Gasteiger partial charge in [-0.15, -0.1) is 0 Å². The van der Waals surface area contributed by atoms with E-state index in [0.29, 0.717) is 38.3 Å². The Bertz CT molecular complexity index is 438. The van der Waals surface area contributed by atoms with E-state index in [1.165, 1.54) is 23.4 Å². The number of amides is 1. The van der Waals surface area contributed by atoms with Crippen LogP contribution in [0.2, 0.25) is 0 Å². The van der Waals surface area contributed by atoms with Crippen LogP contribution in [0, 0.1) is 5.92 Å². The largest absolute Gasteiger partial charge is 0.353 e. The first-order valence-electron chi connectivity index (χ1n) is 7.90.